The molecular weight excluding hydrogens is 352 g/mol. The van der Waals surface area contributed by atoms with E-state index in [4.69, 9.17) is 4.74 Å². The first-order valence-corrected chi connectivity index (χ1v) is 10.1. The first kappa shape index (κ1) is 19.8. The van der Waals surface area contributed by atoms with Gasteiger partial charge in [-0.2, -0.15) is 0 Å². The zero-order chi connectivity index (χ0) is 19.2. The van der Waals surface area contributed by atoms with Gasteiger partial charge in [-0.05, 0) is 38.1 Å². The number of hydrogen-bond donors (Lipinski definition) is 1. The maximum absolute atomic E-state index is 12.3. The number of benzene rings is 2. The quantitative estimate of drug-likeness (QED) is 0.767. The van der Waals surface area contributed by atoms with E-state index in [1.165, 1.54) is 0 Å². The van der Waals surface area contributed by atoms with Gasteiger partial charge in [-0.1, -0.05) is 35.9 Å². The predicted molar refractivity (Wildman–Crippen MR) is 103 cm³/mol. The van der Waals surface area contributed by atoms with Gasteiger partial charge in [0.25, 0.3) is 0 Å². The highest BCUT2D eigenvalue weighted by molar-refractivity contribution is 7.92. The fourth-order valence-electron chi connectivity index (χ4n) is 2.34. The van der Waals surface area contributed by atoms with Crippen molar-refractivity contribution in [3.05, 3.63) is 60.2 Å². The van der Waals surface area contributed by atoms with Crippen molar-refractivity contribution in [3.63, 3.8) is 0 Å². The van der Waals surface area contributed by atoms with Gasteiger partial charge < -0.3 is 10.1 Å². The van der Waals surface area contributed by atoms with Gasteiger partial charge in [0, 0.05) is 0 Å². The van der Waals surface area contributed by atoms with Gasteiger partial charge in [0.15, 0.2) is 0 Å². The van der Waals surface area contributed by atoms with E-state index in [1.807, 2.05) is 31.2 Å². The van der Waals surface area contributed by atoms with Gasteiger partial charge in [0.1, 0.15) is 18.9 Å². The molecule has 6 nitrogen and oxygen atoms in total. The molecule has 0 saturated carbocycles. The molecule has 1 amide bonds. The zero-order valence-corrected chi connectivity index (χ0v) is 16.0. The molecule has 1 unspecified atom stereocenters. The summed E-state index contributed by atoms with van der Waals surface area (Å²) in [4.78, 5) is 12.3. The highest BCUT2D eigenvalue weighted by Crippen LogP contribution is 2.16. The summed E-state index contributed by atoms with van der Waals surface area (Å²) in [5.74, 6) is 0.332. The summed E-state index contributed by atoms with van der Waals surface area (Å²) in [5, 5.41) is 2.76. The van der Waals surface area contributed by atoms with Crippen LogP contribution in [0.3, 0.4) is 0 Å². The maximum Gasteiger partial charge on any atom is 0.241 e. The van der Waals surface area contributed by atoms with E-state index in [9.17, 15) is 13.2 Å². The number of carbonyl (C=O) groups excluding carboxylic acids is 1. The summed E-state index contributed by atoms with van der Waals surface area (Å²) in [5.41, 5.74) is 1.59. The van der Waals surface area contributed by atoms with Crippen molar-refractivity contribution < 1.29 is 17.9 Å². The second kappa shape index (κ2) is 8.71. The minimum absolute atomic E-state index is 0.263. The fraction of sp³-hybridized carbons (Fsp3) is 0.316. The number of ether oxygens (including phenoxy) is 1. The molecule has 0 aliphatic rings. The molecule has 2 aromatic carbocycles. The molecule has 26 heavy (non-hydrogen) atoms. The van der Waals surface area contributed by atoms with Crippen molar-refractivity contribution in [1.82, 2.24) is 5.32 Å². The molecule has 0 heterocycles. The van der Waals surface area contributed by atoms with Gasteiger partial charge in [-0.15, -0.1) is 0 Å². The van der Waals surface area contributed by atoms with Crippen LogP contribution in [0.25, 0.3) is 0 Å². The van der Waals surface area contributed by atoms with Crippen molar-refractivity contribution >= 4 is 21.6 Å². The first-order chi connectivity index (χ1) is 12.3. The predicted octanol–water partition coefficient (Wildman–Crippen LogP) is 2.34. The minimum Gasteiger partial charge on any atom is -0.491 e. The largest absolute Gasteiger partial charge is 0.491 e. The molecular formula is C19H24N2O4S. The monoisotopic (exact) mass is 376 g/mol. The lowest BCUT2D eigenvalue weighted by Gasteiger charge is -2.23. The normalized spacial score (nSPS) is 12.3. The first-order valence-electron chi connectivity index (χ1n) is 8.27. The number of amides is 1. The number of nitrogens with one attached hydrogen (secondary N) is 1. The Bertz CT molecular complexity index is 820. The summed E-state index contributed by atoms with van der Waals surface area (Å²) in [6, 6.07) is 15.9. The lowest BCUT2D eigenvalue weighted by molar-refractivity contribution is -0.120. The minimum atomic E-state index is -3.57. The van der Waals surface area contributed by atoms with E-state index in [1.54, 1.807) is 37.3 Å². The summed E-state index contributed by atoms with van der Waals surface area (Å²) in [6.45, 7) is 3.81. The standard InChI is InChI=1S/C19H24N2O4S/c1-15-9-11-18(12-10-15)25-14-16(2)20-19(22)13-21(26(3,23)24)17-7-5-4-6-8-17/h4-12,16H,13-14H2,1-3H3,(H,20,22). The summed E-state index contributed by atoms with van der Waals surface area (Å²) in [6.07, 6.45) is 1.08. The highest BCUT2D eigenvalue weighted by Gasteiger charge is 2.21. The summed E-state index contributed by atoms with van der Waals surface area (Å²) < 4.78 is 30.7. The highest BCUT2D eigenvalue weighted by atomic mass is 32.2. The Morgan fingerprint density at radius 3 is 2.31 bits per heavy atom. The number of aryl methyl sites for hydroxylation is 1. The van der Waals surface area contributed by atoms with Crippen LogP contribution in [0.2, 0.25) is 0 Å². The van der Waals surface area contributed by atoms with Crippen LogP contribution in [0.15, 0.2) is 54.6 Å². The van der Waals surface area contributed by atoms with Crippen LogP contribution in [0, 0.1) is 6.92 Å². The van der Waals surface area contributed by atoms with Crippen LogP contribution in [0.5, 0.6) is 5.75 Å². The van der Waals surface area contributed by atoms with E-state index < -0.39 is 10.0 Å². The zero-order valence-electron chi connectivity index (χ0n) is 15.2. The summed E-state index contributed by atoms with van der Waals surface area (Å²) in [7, 11) is -3.57. The molecule has 2 aromatic rings. The number of para-hydroxylation sites is 1. The molecule has 2 rings (SSSR count). The molecule has 0 bridgehead atoms. The summed E-state index contributed by atoms with van der Waals surface area (Å²) >= 11 is 0. The second-order valence-corrected chi connectivity index (χ2v) is 8.10. The van der Waals surface area contributed by atoms with Crippen LogP contribution < -0.4 is 14.4 Å². The van der Waals surface area contributed by atoms with E-state index in [2.05, 4.69) is 5.32 Å². The van der Waals surface area contributed by atoms with E-state index in [0.717, 1.165) is 21.9 Å². The average Bonchev–Trinajstić information content (AvgIpc) is 2.59. The average molecular weight is 376 g/mol. The van der Waals surface area contributed by atoms with Crippen LogP contribution in [0.4, 0.5) is 5.69 Å². The molecule has 0 aliphatic heterocycles. The smallest absolute Gasteiger partial charge is 0.241 e. The number of sulfonamides is 1. The van der Waals surface area contributed by atoms with Crippen molar-refractivity contribution in [2.45, 2.75) is 19.9 Å². The van der Waals surface area contributed by atoms with Crippen LogP contribution in [-0.2, 0) is 14.8 Å². The van der Waals surface area contributed by atoms with E-state index in [0.29, 0.717) is 12.3 Å². The van der Waals surface area contributed by atoms with Crippen LogP contribution >= 0.6 is 0 Å². The van der Waals surface area contributed by atoms with Crippen molar-refractivity contribution in [2.75, 3.05) is 23.7 Å². The lowest BCUT2D eigenvalue weighted by atomic mass is 10.2. The second-order valence-electron chi connectivity index (χ2n) is 6.20. The van der Waals surface area contributed by atoms with Crippen molar-refractivity contribution in [3.8, 4) is 5.75 Å². The van der Waals surface area contributed by atoms with Gasteiger partial charge in [-0.3, -0.25) is 9.10 Å². The molecule has 0 aromatic heterocycles. The van der Waals surface area contributed by atoms with Gasteiger partial charge in [0.05, 0.1) is 18.0 Å². The third-order valence-corrected chi connectivity index (χ3v) is 4.80. The Morgan fingerprint density at radius 1 is 1.12 bits per heavy atom. The molecule has 0 radical (unpaired) electrons. The van der Waals surface area contributed by atoms with Gasteiger partial charge in [-0.25, -0.2) is 8.42 Å². The lowest BCUT2D eigenvalue weighted by Crippen LogP contribution is -2.44. The third kappa shape index (κ3) is 6.07. The fourth-order valence-corrected chi connectivity index (χ4v) is 3.20. The number of nitrogens with zero attached hydrogens (tertiary/aromatic N) is 1. The molecule has 0 aliphatic carbocycles. The number of anilines is 1. The third-order valence-electron chi connectivity index (χ3n) is 3.66. The Hall–Kier alpha value is -2.54. The molecule has 1 atom stereocenters. The van der Waals surface area contributed by atoms with Crippen LogP contribution in [-0.4, -0.2) is 39.8 Å². The molecule has 1 N–H and O–H groups in total. The van der Waals surface area contributed by atoms with Crippen LogP contribution in [0.1, 0.15) is 12.5 Å². The van der Waals surface area contributed by atoms with E-state index >= 15 is 0 Å². The topological polar surface area (TPSA) is 75.7 Å². The number of carbonyl (C=O) groups is 1. The molecule has 7 heteroatoms. The number of rotatable bonds is 8. The SMILES string of the molecule is Cc1ccc(OCC(C)NC(=O)CN(c2ccccc2)S(C)(=O)=O)cc1. The van der Waals surface area contributed by atoms with E-state index in [-0.39, 0.29) is 18.5 Å². The van der Waals surface area contributed by atoms with Gasteiger partial charge >= 0.3 is 0 Å². The molecule has 0 spiro atoms. The Balaban J connectivity index is 1.92. The molecule has 0 saturated heterocycles. The van der Waals surface area contributed by atoms with Crippen molar-refractivity contribution in [2.24, 2.45) is 0 Å². The maximum atomic E-state index is 12.3. The van der Waals surface area contributed by atoms with Gasteiger partial charge in [0.2, 0.25) is 15.9 Å². The number of hydrogen-bond acceptors (Lipinski definition) is 4. The van der Waals surface area contributed by atoms with Crippen molar-refractivity contribution in [1.29, 1.82) is 0 Å². The Labute approximate surface area is 154 Å². The Kier molecular flexibility index (Phi) is 6.63. The molecule has 0 fully saturated rings. The Morgan fingerprint density at radius 2 is 1.73 bits per heavy atom. The molecule has 140 valence electrons.